The summed E-state index contributed by atoms with van der Waals surface area (Å²) in [5.41, 5.74) is 2.60. The molecule has 22 heavy (non-hydrogen) atoms. The first-order chi connectivity index (χ1) is 10.7. The minimum atomic E-state index is -0.812. The van der Waals surface area contributed by atoms with E-state index in [1.807, 2.05) is 0 Å². The number of nitrogens with zero attached hydrogens (tertiary/aromatic N) is 3. The minimum absolute atomic E-state index is 0.592. The van der Waals surface area contributed by atoms with Crippen LogP contribution in [-0.2, 0) is 11.3 Å². The molecule has 1 aromatic carbocycles. The Morgan fingerprint density at radius 3 is 2.41 bits per heavy atom. The number of hydrogen-bond donors (Lipinski definition) is 1. The molecular weight excluding hydrogens is 282 g/mol. The number of benzene rings is 1. The fourth-order valence-electron chi connectivity index (χ4n) is 3.10. The SMILES string of the molecule is O=C(O)N1CCN(Cc2ccccc2N2CCOCC2)CC1. The number of carbonyl (C=O) groups is 1. The molecule has 1 amide bonds. The maximum absolute atomic E-state index is 11.0. The summed E-state index contributed by atoms with van der Waals surface area (Å²) in [6, 6.07) is 8.51. The number of para-hydroxylation sites is 1. The van der Waals surface area contributed by atoms with Crippen LogP contribution in [0.5, 0.6) is 0 Å². The predicted molar refractivity (Wildman–Crippen MR) is 84.3 cm³/mol. The van der Waals surface area contributed by atoms with E-state index in [1.165, 1.54) is 16.2 Å². The van der Waals surface area contributed by atoms with Gasteiger partial charge in [-0.15, -0.1) is 0 Å². The molecule has 3 rings (SSSR count). The number of piperazine rings is 1. The van der Waals surface area contributed by atoms with E-state index in [-0.39, 0.29) is 0 Å². The molecular formula is C16H23N3O3. The van der Waals surface area contributed by atoms with Crippen molar-refractivity contribution in [2.45, 2.75) is 6.54 Å². The lowest BCUT2D eigenvalue weighted by Crippen LogP contribution is -2.48. The van der Waals surface area contributed by atoms with Crippen molar-refractivity contribution in [3.63, 3.8) is 0 Å². The van der Waals surface area contributed by atoms with Crippen LogP contribution in [0.1, 0.15) is 5.56 Å². The number of carboxylic acid groups (broad SMARTS) is 1. The first-order valence-electron chi connectivity index (χ1n) is 7.85. The zero-order chi connectivity index (χ0) is 15.4. The number of morpholine rings is 1. The fraction of sp³-hybridized carbons (Fsp3) is 0.562. The topological polar surface area (TPSA) is 56.2 Å². The van der Waals surface area contributed by atoms with Crippen molar-refractivity contribution in [2.75, 3.05) is 57.4 Å². The maximum Gasteiger partial charge on any atom is 0.407 e. The largest absolute Gasteiger partial charge is 0.465 e. The summed E-state index contributed by atoms with van der Waals surface area (Å²) < 4.78 is 5.43. The van der Waals surface area contributed by atoms with Crippen LogP contribution in [0, 0.1) is 0 Å². The Morgan fingerprint density at radius 2 is 1.73 bits per heavy atom. The van der Waals surface area contributed by atoms with Gasteiger partial charge in [-0.05, 0) is 11.6 Å². The number of anilines is 1. The first kappa shape index (κ1) is 15.1. The van der Waals surface area contributed by atoms with Gasteiger partial charge in [0.05, 0.1) is 13.2 Å². The van der Waals surface area contributed by atoms with E-state index < -0.39 is 6.09 Å². The summed E-state index contributed by atoms with van der Waals surface area (Å²) in [7, 11) is 0. The van der Waals surface area contributed by atoms with E-state index >= 15 is 0 Å². The highest BCUT2D eigenvalue weighted by molar-refractivity contribution is 5.65. The zero-order valence-electron chi connectivity index (χ0n) is 12.8. The van der Waals surface area contributed by atoms with Gasteiger partial charge in [0.1, 0.15) is 0 Å². The molecule has 0 bridgehead atoms. The Labute approximate surface area is 130 Å². The molecule has 0 spiro atoms. The molecule has 2 fully saturated rings. The fourth-order valence-corrected chi connectivity index (χ4v) is 3.10. The summed E-state index contributed by atoms with van der Waals surface area (Å²) >= 11 is 0. The molecule has 1 aromatic rings. The van der Waals surface area contributed by atoms with Gasteiger partial charge >= 0.3 is 6.09 Å². The van der Waals surface area contributed by atoms with Gasteiger partial charge in [0.15, 0.2) is 0 Å². The van der Waals surface area contributed by atoms with Gasteiger partial charge in [-0.2, -0.15) is 0 Å². The van der Waals surface area contributed by atoms with Gasteiger partial charge in [0, 0.05) is 51.5 Å². The lowest BCUT2D eigenvalue weighted by atomic mass is 10.1. The van der Waals surface area contributed by atoms with Crippen molar-refractivity contribution < 1.29 is 14.6 Å². The summed E-state index contributed by atoms with van der Waals surface area (Å²) in [6.45, 7) is 7.09. The average Bonchev–Trinajstić information content (AvgIpc) is 2.57. The van der Waals surface area contributed by atoms with Crippen LogP contribution < -0.4 is 4.90 Å². The Bertz CT molecular complexity index is 509. The van der Waals surface area contributed by atoms with E-state index in [9.17, 15) is 4.79 Å². The van der Waals surface area contributed by atoms with Gasteiger partial charge < -0.3 is 19.6 Å². The summed E-state index contributed by atoms with van der Waals surface area (Å²) in [5.74, 6) is 0. The summed E-state index contributed by atoms with van der Waals surface area (Å²) in [4.78, 5) is 17.2. The normalized spacial score (nSPS) is 20.2. The monoisotopic (exact) mass is 305 g/mol. The highest BCUT2D eigenvalue weighted by Gasteiger charge is 2.22. The standard InChI is InChI=1S/C16H23N3O3/c20-16(21)19-7-5-17(6-8-19)13-14-3-1-2-4-15(14)18-9-11-22-12-10-18/h1-4H,5-13H2,(H,20,21). The molecule has 2 aliphatic rings. The van der Waals surface area contributed by atoms with Crippen molar-refractivity contribution in [3.05, 3.63) is 29.8 Å². The molecule has 0 atom stereocenters. The third-order valence-electron chi connectivity index (χ3n) is 4.38. The smallest absolute Gasteiger partial charge is 0.407 e. The van der Waals surface area contributed by atoms with E-state index in [0.29, 0.717) is 13.1 Å². The van der Waals surface area contributed by atoms with E-state index in [0.717, 1.165) is 45.9 Å². The quantitative estimate of drug-likeness (QED) is 0.913. The molecule has 120 valence electrons. The lowest BCUT2D eigenvalue weighted by molar-refractivity contribution is 0.103. The highest BCUT2D eigenvalue weighted by atomic mass is 16.5. The van der Waals surface area contributed by atoms with Crippen LogP contribution in [0.2, 0.25) is 0 Å². The maximum atomic E-state index is 11.0. The molecule has 6 nitrogen and oxygen atoms in total. The van der Waals surface area contributed by atoms with Gasteiger partial charge in [0.25, 0.3) is 0 Å². The van der Waals surface area contributed by atoms with Crippen LogP contribution in [-0.4, -0.2) is 73.5 Å². The van der Waals surface area contributed by atoms with Crippen molar-refractivity contribution in [2.24, 2.45) is 0 Å². The first-order valence-corrected chi connectivity index (χ1v) is 7.85. The molecule has 6 heteroatoms. The van der Waals surface area contributed by atoms with E-state index in [1.54, 1.807) is 0 Å². The number of rotatable bonds is 3. The van der Waals surface area contributed by atoms with Crippen LogP contribution in [0.4, 0.5) is 10.5 Å². The number of hydrogen-bond acceptors (Lipinski definition) is 4. The second kappa shape index (κ2) is 6.98. The molecule has 0 saturated carbocycles. The third-order valence-corrected chi connectivity index (χ3v) is 4.38. The predicted octanol–water partition coefficient (Wildman–Crippen LogP) is 1.32. The van der Waals surface area contributed by atoms with E-state index in [4.69, 9.17) is 9.84 Å². The van der Waals surface area contributed by atoms with Crippen LogP contribution in [0.15, 0.2) is 24.3 Å². The molecule has 0 unspecified atom stereocenters. The zero-order valence-corrected chi connectivity index (χ0v) is 12.8. The van der Waals surface area contributed by atoms with Crippen LogP contribution in [0.3, 0.4) is 0 Å². The van der Waals surface area contributed by atoms with E-state index in [2.05, 4.69) is 34.1 Å². The Balaban J connectivity index is 1.64. The summed E-state index contributed by atoms with van der Waals surface area (Å²) in [6.07, 6.45) is -0.812. The van der Waals surface area contributed by atoms with Crippen molar-refractivity contribution in [3.8, 4) is 0 Å². The molecule has 2 heterocycles. The lowest BCUT2D eigenvalue weighted by Gasteiger charge is -2.35. The van der Waals surface area contributed by atoms with Crippen molar-refractivity contribution in [1.29, 1.82) is 0 Å². The molecule has 0 aliphatic carbocycles. The van der Waals surface area contributed by atoms with Gasteiger partial charge in [0.2, 0.25) is 0 Å². The molecule has 2 saturated heterocycles. The van der Waals surface area contributed by atoms with Gasteiger partial charge in [-0.25, -0.2) is 4.79 Å². The molecule has 2 aliphatic heterocycles. The molecule has 1 N–H and O–H groups in total. The molecule has 0 radical (unpaired) electrons. The van der Waals surface area contributed by atoms with Crippen molar-refractivity contribution >= 4 is 11.8 Å². The number of amides is 1. The third kappa shape index (κ3) is 3.51. The molecule has 0 aromatic heterocycles. The van der Waals surface area contributed by atoms with Crippen LogP contribution in [0.25, 0.3) is 0 Å². The second-order valence-electron chi connectivity index (χ2n) is 5.77. The Morgan fingerprint density at radius 1 is 1.05 bits per heavy atom. The Hall–Kier alpha value is -1.79. The minimum Gasteiger partial charge on any atom is -0.465 e. The highest BCUT2D eigenvalue weighted by Crippen LogP contribution is 2.23. The average molecular weight is 305 g/mol. The second-order valence-corrected chi connectivity index (χ2v) is 5.77. The van der Waals surface area contributed by atoms with Gasteiger partial charge in [-0.3, -0.25) is 4.90 Å². The van der Waals surface area contributed by atoms with Gasteiger partial charge in [-0.1, -0.05) is 18.2 Å². The summed E-state index contributed by atoms with van der Waals surface area (Å²) in [5, 5.41) is 9.02. The van der Waals surface area contributed by atoms with Crippen LogP contribution >= 0.6 is 0 Å². The number of ether oxygens (including phenoxy) is 1. The Kier molecular flexibility index (Phi) is 4.80. The van der Waals surface area contributed by atoms with Crippen molar-refractivity contribution in [1.82, 2.24) is 9.80 Å².